The maximum atomic E-state index is 12.1. The highest BCUT2D eigenvalue weighted by Gasteiger charge is 2.68. The van der Waals surface area contributed by atoms with Crippen LogP contribution in [0.3, 0.4) is 0 Å². The van der Waals surface area contributed by atoms with E-state index in [1.807, 2.05) is 0 Å². The summed E-state index contributed by atoms with van der Waals surface area (Å²) in [6.07, 6.45) is -0.392. The minimum Gasteiger partial charge on any atom is -0.405 e. The lowest BCUT2D eigenvalue weighted by molar-refractivity contribution is -0.132. The molecule has 1 aromatic heterocycles. The number of ether oxygens (including phenoxy) is 1. The largest absolute Gasteiger partial charge is 0.405 e. The Hall–Kier alpha value is -1.23. The summed E-state index contributed by atoms with van der Waals surface area (Å²) in [5, 5.41) is 30.2. The zero-order valence-corrected chi connectivity index (χ0v) is 13.2. The molecule has 14 heteroatoms. The molecule has 1 aliphatic rings. The molecule has 1 aromatic rings. The van der Waals surface area contributed by atoms with Gasteiger partial charge in [-0.2, -0.15) is 4.98 Å². The predicted octanol–water partition coefficient (Wildman–Crippen LogP) is -8.58. The second-order valence-corrected chi connectivity index (χ2v) is 6.67. The van der Waals surface area contributed by atoms with Crippen LogP contribution >= 0.6 is 0 Å². The first-order valence-corrected chi connectivity index (χ1v) is 6.82. The SMILES string of the molecule is BC(B)(O)C1(B)OC(B)(n2cnc(N)nc2=O)C(B)(O)[C@H]1O. The summed E-state index contributed by atoms with van der Waals surface area (Å²) in [6.45, 7) is 0. The van der Waals surface area contributed by atoms with Crippen LogP contribution in [0.4, 0.5) is 5.95 Å². The minimum atomic E-state index is -1.90. The first-order valence-electron chi connectivity index (χ1n) is 6.82. The summed E-state index contributed by atoms with van der Waals surface area (Å²) in [4.78, 5) is 19.3. The second kappa shape index (κ2) is 4.64. The van der Waals surface area contributed by atoms with Crippen molar-refractivity contribution in [1.82, 2.24) is 14.5 Å². The molecule has 1 fully saturated rings. The lowest BCUT2D eigenvalue weighted by Gasteiger charge is -2.41. The molecule has 9 nitrogen and oxygen atoms in total. The van der Waals surface area contributed by atoms with Crippen molar-refractivity contribution in [2.45, 2.75) is 28.1 Å². The molecule has 0 saturated carbocycles. The van der Waals surface area contributed by atoms with Gasteiger partial charge < -0.3 is 25.8 Å². The normalized spacial score (nSPS) is 39.0. The fraction of sp³-hybridized carbons (Fsp3) is 0.625. The fourth-order valence-corrected chi connectivity index (χ4v) is 2.75. The predicted molar refractivity (Wildman–Crippen MR) is 91.1 cm³/mol. The number of rotatable bonds is 2. The van der Waals surface area contributed by atoms with Gasteiger partial charge in [0.15, 0.2) is 15.7 Å². The number of aliphatic hydroxyl groups excluding tert-OH is 1. The Bertz CT molecular complexity index is 665. The number of hydrogen-bond acceptors (Lipinski definition) is 8. The molecule has 0 amide bonds. The molecule has 4 atom stereocenters. The van der Waals surface area contributed by atoms with Gasteiger partial charge in [-0.1, -0.05) is 0 Å². The zero-order chi connectivity index (χ0) is 17.1. The van der Waals surface area contributed by atoms with E-state index < -0.39 is 33.8 Å². The molecule has 2 heterocycles. The van der Waals surface area contributed by atoms with E-state index in [1.165, 1.54) is 39.2 Å². The standard InChI is InChI=1S/C8H17B5N4O5/c9-5(20)2(18)6(10,7(11,12)21)22-8(5,13)17-1-15-3(14)16-4(17)19/h1-2,18,20-21H,9-13H2,(H2,14,16,19)/t2-,5?,6?,8?/m1/s1. The van der Waals surface area contributed by atoms with E-state index in [9.17, 15) is 20.1 Å². The van der Waals surface area contributed by atoms with Gasteiger partial charge in [-0.25, -0.2) is 9.78 Å². The van der Waals surface area contributed by atoms with Crippen LogP contribution in [0.1, 0.15) is 0 Å². The highest BCUT2D eigenvalue weighted by atomic mass is 16.6. The highest BCUT2D eigenvalue weighted by molar-refractivity contribution is 6.44. The quantitative estimate of drug-likeness (QED) is 0.394. The third kappa shape index (κ3) is 2.05. The summed E-state index contributed by atoms with van der Waals surface area (Å²) in [7, 11) is 7.08. The van der Waals surface area contributed by atoms with Crippen molar-refractivity contribution in [3.05, 3.63) is 16.8 Å². The summed E-state index contributed by atoms with van der Waals surface area (Å²) < 4.78 is 6.78. The van der Waals surface area contributed by atoms with E-state index >= 15 is 0 Å². The molecule has 5 N–H and O–H groups in total. The van der Waals surface area contributed by atoms with Crippen molar-refractivity contribution in [2.24, 2.45) is 0 Å². The Morgan fingerprint density at radius 2 is 1.95 bits per heavy atom. The molecule has 114 valence electrons. The Morgan fingerprint density at radius 1 is 1.41 bits per heavy atom. The van der Waals surface area contributed by atoms with Crippen LogP contribution in [0.2, 0.25) is 0 Å². The van der Waals surface area contributed by atoms with Gasteiger partial charge in [0.05, 0.1) is 11.0 Å². The van der Waals surface area contributed by atoms with Crippen molar-refractivity contribution in [2.75, 3.05) is 5.73 Å². The van der Waals surface area contributed by atoms with E-state index in [0.717, 1.165) is 10.9 Å². The molecule has 3 unspecified atom stereocenters. The number of nitrogen functional groups attached to an aromatic ring is 1. The number of nitrogens with zero attached hydrogens (tertiary/aromatic N) is 3. The zero-order valence-electron chi connectivity index (χ0n) is 13.2. The second-order valence-electron chi connectivity index (χ2n) is 6.67. The number of anilines is 1. The summed E-state index contributed by atoms with van der Waals surface area (Å²) in [5.74, 6) is -0.215. The van der Waals surface area contributed by atoms with Crippen molar-refractivity contribution in [1.29, 1.82) is 0 Å². The molecular weight excluding hydrogens is 286 g/mol. The van der Waals surface area contributed by atoms with Crippen LogP contribution < -0.4 is 11.4 Å². The van der Waals surface area contributed by atoms with Gasteiger partial charge in [0, 0.05) is 5.40 Å². The van der Waals surface area contributed by atoms with E-state index in [2.05, 4.69) is 9.97 Å². The topological polar surface area (TPSA) is 144 Å². The number of nitrogens with two attached hydrogens (primary N) is 1. The van der Waals surface area contributed by atoms with Gasteiger partial charge in [0.2, 0.25) is 5.95 Å². The van der Waals surface area contributed by atoms with Crippen molar-refractivity contribution in [3.8, 4) is 0 Å². The van der Waals surface area contributed by atoms with Gasteiger partial charge in [-0.15, -0.1) is 0 Å². The Morgan fingerprint density at radius 3 is 2.36 bits per heavy atom. The maximum Gasteiger partial charge on any atom is 0.353 e. The molecule has 0 spiro atoms. The maximum absolute atomic E-state index is 12.1. The number of hydrogen-bond donors (Lipinski definition) is 4. The minimum absolute atomic E-state index is 0.215. The molecule has 1 saturated heterocycles. The van der Waals surface area contributed by atoms with Crippen LogP contribution in [0.25, 0.3) is 0 Å². The van der Waals surface area contributed by atoms with Crippen molar-refractivity contribution < 1.29 is 20.1 Å². The van der Waals surface area contributed by atoms with E-state index in [1.54, 1.807) is 0 Å². The van der Waals surface area contributed by atoms with E-state index in [4.69, 9.17) is 10.5 Å². The van der Waals surface area contributed by atoms with Gasteiger partial charge >= 0.3 is 5.69 Å². The molecule has 22 heavy (non-hydrogen) atoms. The average Bonchev–Trinajstić information content (AvgIpc) is 2.48. The molecule has 1 aliphatic heterocycles. The highest BCUT2D eigenvalue weighted by Crippen LogP contribution is 2.46. The Kier molecular flexibility index (Phi) is 3.61. The van der Waals surface area contributed by atoms with Crippen molar-refractivity contribution >= 4 is 45.2 Å². The van der Waals surface area contributed by atoms with Gasteiger partial charge in [-0.05, 0) is 0 Å². The fourth-order valence-electron chi connectivity index (χ4n) is 2.75. The van der Waals surface area contributed by atoms with Crippen LogP contribution in [0.15, 0.2) is 11.1 Å². The first-order chi connectivity index (χ1) is 9.77. The lowest BCUT2D eigenvalue weighted by Crippen LogP contribution is -2.65. The third-order valence-corrected chi connectivity index (χ3v) is 4.80. The van der Waals surface area contributed by atoms with Crippen molar-refractivity contribution in [3.63, 3.8) is 0 Å². The van der Waals surface area contributed by atoms with Gasteiger partial charge in [0.25, 0.3) is 0 Å². The molecule has 0 bridgehead atoms. The van der Waals surface area contributed by atoms with E-state index in [-0.39, 0.29) is 5.95 Å². The van der Waals surface area contributed by atoms with Crippen LogP contribution in [-0.2, 0) is 10.4 Å². The van der Waals surface area contributed by atoms with Gasteiger partial charge in [-0.3, -0.25) is 4.57 Å². The monoisotopic (exact) mass is 304 g/mol. The average molecular weight is 303 g/mol. The third-order valence-electron chi connectivity index (χ3n) is 4.80. The number of aliphatic hydroxyl groups is 3. The molecule has 2 rings (SSSR count). The van der Waals surface area contributed by atoms with Crippen LogP contribution in [0.5, 0.6) is 0 Å². The Labute approximate surface area is 131 Å². The molecular formula is C8H17B5N4O5. The van der Waals surface area contributed by atoms with Crippen LogP contribution in [0, 0.1) is 0 Å². The summed E-state index contributed by atoms with van der Waals surface area (Å²) in [5.41, 5.74) is -0.567. The molecule has 0 radical (unpaired) electrons. The summed E-state index contributed by atoms with van der Waals surface area (Å²) >= 11 is 0. The number of aromatic nitrogens is 3. The molecule has 0 aliphatic carbocycles. The lowest BCUT2D eigenvalue weighted by atomic mass is 9.45. The smallest absolute Gasteiger partial charge is 0.353 e. The Balaban J connectivity index is 2.67. The first kappa shape index (κ1) is 17.1. The van der Waals surface area contributed by atoms with Gasteiger partial charge in [0.1, 0.15) is 41.6 Å². The van der Waals surface area contributed by atoms with E-state index in [0.29, 0.717) is 0 Å². The van der Waals surface area contributed by atoms with Crippen LogP contribution in [-0.4, -0.2) is 91.6 Å². The molecule has 0 aromatic carbocycles. The summed E-state index contributed by atoms with van der Waals surface area (Å²) in [6, 6.07) is 0.